The van der Waals surface area contributed by atoms with E-state index in [0.717, 1.165) is 28.9 Å². The van der Waals surface area contributed by atoms with Gasteiger partial charge in [-0.25, -0.2) is 4.98 Å². The molecule has 0 aromatic carbocycles. The van der Waals surface area contributed by atoms with Crippen LogP contribution in [0.1, 0.15) is 18.7 Å². The van der Waals surface area contributed by atoms with Crippen molar-refractivity contribution in [2.75, 3.05) is 6.54 Å². The number of pyridine rings is 1. The maximum atomic E-state index is 6.24. The molecule has 0 saturated carbocycles. The van der Waals surface area contributed by atoms with E-state index >= 15 is 0 Å². The molecule has 3 heterocycles. The third-order valence-corrected chi connectivity index (χ3v) is 4.11. The van der Waals surface area contributed by atoms with Crippen molar-refractivity contribution in [2.45, 2.75) is 25.3 Å². The molecule has 1 fully saturated rings. The summed E-state index contributed by atoms with van der Waals surface area (Å²) in [6.07, 6.45) is 3.40. The number of aromatic nitrogens is 2. The highest BCUT2D eigenvalue weighted by atomic mass is 79.9. The van der Waals surface area contributed by atoms with Gasteiger partial charge < -0.3 is 5.32 Å². The molecule has 1 N–H and O–H groups in total. The summed E-state index contributed by atoms with van der Waals surface area (Å²) in [6.45, 7) is 1.11. The first-order valence-electron chi connectivity index (χ1n) is 5.80. The molecule has 5 heteroatoms. The number of nitrogens with zero attached hydrogens (tertiary/aromatic N) is 2. The number of fused-ring (bicyclic) bond motifs is 1. The Balaban J connectivity index is 2.03. The minimum absolute atomic E-state index is 0.531. The highest BCUT2D eigenvalue weighted by Gasteiger charge is 2.19. The van der Waals surface area contributed by atoms with E-state index in [1.165, 1.54) is 12.8 Å². The lowest BCUT2D eigenvalue weighted by Gasteiger charge is -2.09. The van der Waals surface area contributed by atoms with Crippen molar-refractivity contribution in [1.29, 1.82) is 0 Å². The fraction of sp³-hybridized carbons (Fsp3) is 0.417. The summed E-state index contributed by atoms with van der Waals surface area (Å²) in [5.41, 5.74) is 1.03. The van der Waals surface area contributed by atoms with Crippen LogP contribution in [0.25, 0.3) is 5.52 Å². The van der Waals surface area contributed by atoms with Gasteiger partial charge in [-0.05, 0) is 47.4 Å². The lowest BCUT2D eigenvalue weighted by molar-refractivity contribution is 0.584. The van der Waals surface area contributed by atoms with E-state index in [9.17, 15) is 0 Å². The van der Waals surface area contributed by atoms with Gasteiger partial charge in [-0.3, -0.25) is 4.40 Å². The molecule has 0 aliphatic carbocycles. The molecule has 3 nitrogen and oxygen atoms in total. The van der Waals surface area contributed by atoms with Crippen LogP contribution in [-0.2, 0) is 6.42 Å². The molecule has 1 aliphatic heterocycles. The molecule has 1 saturated heterocycles. The van der Waals surface area contributed by atoms with E-state index in [0.29, 0.717) is 11.2 Å². The molecule has 17 heavy (non-hydrogen) atoms. The molecule has 1 aliphatic rings. The van der Waals surface area contributed by atoms with Crippen LogP contribution in [-0.4, -0.2) is 22.0 Å². The van der Waals surface area contributed by atoms with Gasteiger partial charge in [-0.15, -0.1) is 0 Å². The van der Waals surface area contributed by atoms with Crippen molar-refractivity contribution in [1.82, 2.24) is 14.7 Å². The van der Waals surface area contributed by atoms with E-state index in [4.69, 9.17) is 11.6 Å². The Bertz CT molecular complexity index is 546. The first-order chi connectivity index (χ1) is 8.25. The molecule has 0 amide bonds. The van der Waals surface area contributed by atoms with Crippen molar-refractivity contribution >= 4 is 33.0 Å². The van der Waals surface area contributed by atoms with Crippen LogP contribution in [0, 0.1) is 0 Å². The predicted octanol–water partition coefficient (Wildman–Crippen LogP) is 3.04. The molecular formula is C12H13BrClN3. The maximum Gasteiger partial charge on any atom is 0.132 e. The van der Waals surface area contributed by atoms with Crippen LogP contribution in [0.4, 0.5) is 0 Å². The van der Waals surface area contributed by atoms with Gasteiger partial charge in [0.2, 0.25) is 0 Å². The van der Waals surface area contributed by atoms with Crippen molar-refractivity contribution in [3.63, 3.8) is 0 Å². The third-order valence-electron chi connectivity index (χ3n) is 3.23. The number of hydrogen-bond donors (Lipinski definition) is 1. The topological polar surface area (TPSA) is 29.3 Å². The molecule has 3 rings (SSSR count). The van der Waals surface area contributed by atoms with E-state index in [-0.39, 0.29) is 0 Å². The summed E-state index contributed by atoms with van der Waals surface area (Å²) in [4.78, 5) is 4.57. The molecule has 1 atom stereocenters. The van der Waals surface area contributed by atoms with Gasteiger partial charge in [-0.2, -0.15) is 0 Å². The number of hydrogen-bond acceptors (Lipinski definition) is 2. The van der Waals surface area contributed by atoms with Gasteiger partial charge >= 0.3 is 0 Å². The van der Waals surface area contributed by atoms with Crippen LogP contribution in [0.2, 0.25) is 5.15 Å². The Morgan fingerprint density at radius 2 is 2.41 bits per heavy atom. The lowest BCUT2D eigenvalue weighted by atomic mass is 10.1. The van der Waals surface area contributed by atoms with E-state index < -0.39 is 0 Å². The largest absolute Gasteiger partial charge is 0.314 e. The maximum absolute atomic E-state index is 6.24. The minimum atomic E-state index is 0.531. The van der Waals surface area contributed by atoms with Crippen LogP contribution in [0.15, 0.2) is 22.8 Å². The molecule has 1 unspecified atom stereocenters. The average Bonchev–Trinajstić information content (AvgIpc) is 2.90. The van der Waals surface area contributed by atoms with Crippen LogP contribution in [0.5, 0.6) is 0 Å². The molecule has 0 spiro atoms. The summed E-state index contributed by atoms with van der Waals surface area (Å²) in [5.74, 6) is 1.02. The third kappa shape index (κ3) is 2.09. The molecule has 0 radical (unpaired) electrons. The highest BCUT2D eigenvalue weighted by Crippen LogP contribution is 2.24. The fourth-order valence-corrected chi connectivity index (χ4v) is 3.19. The van der Waals surface area contributed by atoms with Gasteiger partial charge in [0.25, 0.3) is 0 Å². The second-order valence-electron chi connectivity index (χ2n) is 4.39. The average molecular weight is 315 g/mol. The van der Waals surface area contributed by atoms with Gasteiger partial charge in [0.1, 0.15) is 15.6 Å². The molecular weight excluding hydrogens is 302 g/mol. The van der Waals surface area contributed by atoms with Crippen molar-refractivity contribution in [3.05, 3.63) is 33.8 Å². The van der Waals surface area contributed by atoms with Gasteiger partial charge in [0, 0.05) is 12.5 Å². The van der Waals surface area contributed by atoms with E-state index in [1.54, 1.807) is 0 Å². The van der Waals surface area contributed by atoms with E-state index in [2.05, 4.69) is 26.2 Å². The zero-order chi connectivity index (χ0) is 11.8. The zero-order valence-electron chi connectivity index (χ0n) is 9.29. The summed E-state index contributed by atoms with van der Waals surface area (Å²) in [6, 6.07) is 6.40. The summed E-state index contributed by atoms with van der Waals surface area (Å²) < 4.78 is 2.89. The Morgan fingerprint density at radius 1 is 1.53 bits per heavy atom. The summed E-state index contributed by atoms with van der Waals surface area (Å²) >= 11 is 9.73. The van der Waals surface area contributed by atoms with Crippen molar-refractivity contribution < 1.29 is 0 Å². The molecule has 2 aromatic rings. The smallest absolute Gasteiger partial charge is 0.132 e. The normalized spacial score (nSPS) is 20.2. The standard InChI is InChI=1S/C12H13BrClN3/c13-12-9-4-1-5-10(14)17(9)11(16-12)7-8-3-2-6-15-8/h1,4-5,8,15H,2-3,6-7H2. The first kappa shape index (κ1) is 11.5. The lowest BCUT2D eigenvalue weighted by Crippen LogP contribution is -2.24. The van der Waals surface area contributed by atoms with Crippen molar-refractivity contribution in [3.8, 4) is 0 Å². The Morgan fingerprint density at radius 3 is 3.18 bits per heavy atom. The number of halogens is 2. The second-order valence-corrected chi connectivity index (χ2v) is 5.52. The van der Waals surface area contributed by atoms with Gasteiger partial charge in [-0.1, -0.05) is 17.7 Å². The molecule has 90 valence electrons. The zero-order valence-corrected chi connectivity index (χ0v) is 11.6. The second kappa shape index (κ2) is 4.59. The molecule has 0 bridgehead atoms. The van der Waals surface area contributed by atoms with E-state index in [1.807, 2.05) is 22.6 Å². The Labute approximate surface area is 113 Å². The number of rotatable bonds is 2. The molecule has 2 aromatic heterocycles. The number of nitrogens with one attached hydrogen (secondary N) is 1. The quantitative estimate of drug-likeness (QED) is 0.863. The van der Waals surface area contributed by atoms with Crippen LogP contribution in [0.3, 0.4) is 0 Å². The monoisotopic (exact) mass is 313 g/mol. The summed E-state index contributed by atoms with van der Waals surface area (Å²) in [5, 5.41) is 4.20. The predicted molar refractivity (Wildman–Crippen MR) is 72.6 cm³/mol. The minimum Gasteiger partial charge on any atom is -0.314 e. The first-order valence-corrected chi connectivity index (χ1v) is 6.97. The number of imidazole rings is 1. The van der Waals surface area contributed by atoms with Crippen LogP contribution < -0.4 is 5.32 Å². The summed E-state index contributed by atoms with van der Waals surface area (Å²) in [7, 11) is 0. The Kier molecular flexibility index (Phi) is 3.11. The Hall–Kier alpha value is -0.580. The van der Waals surface area contributed by atoms with Gasteiger partial charge in [0.15, 0.2) is 0 Å². The highest BCUT2D eigenvalue weighted by molar-refractivity contribution is 9.10. The SMILES string of the molecule is Clc1cccc2c(Br)nc(CC3CCCN3)n12. The fourth-order valence-electron chi connectivity index (χ4n) is 2.41. The van der Waals surface area contributed by atoms with Crippen LogP contribution >= 0.6 is 27.5 Å². The van der Waals surface area contributed by atoms with Gasteiger partial charge in [0.05, 0.1) is 5.52 Å². The van der Waals surface area contributed by atoms with Crippen molar-refractivity contribution in [2.24, 2.45) is 0 Å².